The predicted octanol–water partition coefficient (Wildman–Crippen LogP) is 4.13. The normalized spacial score (nSPS) is 20.4. The lowest BCUT2D eigenvalue weighted by atomic mass is 10.1. The molecule has 1 aliphatic rings. The number of nitrogens with one attached hydrogen (secondary N) is 1. The van der Waals surface area contributed by atoms with Gasteiger partial charge in [0.15, 0.2) is 0 Å². The van der Waals surface area contributed by atoms with Gasteiger partial charge in [-0.05, 0) is 40.2 Å². The van der Waals surface area contributed by atoms with Gasteiger partial charge in [0.1, 0.15) is 5.37 Å². The second-order valence-electron chi connectivity index (χ2n) is 7.64. The van der Waals surface area contributed by atoms with Crippen molar-refractivity contribution < 1.29 is 9.59 Å². The summed E-state index contributed by atoms with van der Waals surface area (Å²) in [5, 5.41) is 3.46. The van der Waals surface area contributed by atoms with E-state index in [0.717, 1.165) is 5.56 Å². The molecule has 7 heteroatoms. The third-order valence-electron chi connectivity index (χ3n) is 4.14. The summed E-state index contributed by atoms with van der Waals surface area (Å²) < 4.78 is 0. The van der Waals surface area contributed by atoms with Crippen molar-refractivity contribution >= 4 is 35.3 Å². The highest BCUT2D eigenvalue weighted by atomic mass is 35.5. The molecule has 0 aromatic heterocycles. The maximum absolute atomic E-state index is 12.6. The maximum Gasteiger partial charge on any atom is 0.317 e. The van der Waals surface area contributed by atoms with E-state index in [1.54, 1.807) is 23.7 Å². The summed E-state index contributed by atoms with van der Waals surface area (Å²) in [4.78, 5) is 28.3. The molecule has 1 heterocycles. The largest absolute Gasteiger partial charge is 0.333 e. The zero-order chi connectivity index (χ0) is 19.5. The number of thioether (sulfide) groups is 1. The number of hydrogen-bond donors (Lipinski definition) is 1. The van der Waals surface area contributed by atoms with Crippen LogP contribution in [0.2, 0.25) is 5.02 Å². The molecule has 0 bridgehead atoms. The first-order valence-corrected chi connectivity index (χ1v) is 10.2. The van der Waals surface area contributed by atoms with Crippen molar-refractivity contribution in [2.45, 2.75) is 50.3 Å². The fourth-order valence-electron chi connectivity index (χ4n) is 2.81. The highest BCUT2D eigenvalue weighted by Gasteiger charge is 2.38. The van der Waals surface area contributed by atoms with Gasteiger partial charge in [-0.25, -0.2) is 4.79 Å². The Morgan fingerprint density at radius 1 is 1.35 bits per heavy atom. The summed E-state index contributed by atoms with van der Waals surface area (Å²) in [5.41, 5.74) is 0.702. The van der Waals surface area contributed by atoms with Gasteiger partial charge in [-0.2, -0.15) is 0 Å². The monoisotopic (exact) mass is 397 g/mol. The zero-order valence-electron chi connectivity index (χ0n) is 16.1. The Hall–Kier alpha value is -1.40. The molecule has 1 N–H and O–H groups in total. The highest BCUT2D eigenvalue weighted by molar-refractivity contribution is 8.01. The van der Waals surface area contributed by atoms with Crippen molar-refractivity contribution in [1.82, 2.24) is 15.1 Å². The van der Waals surface area contributed by atoms with Crippen LogP contribution < -0.4 is 5.32 Å². The van der Waals surface area contributed by atoms with Gasteiger partial charge in [0, 0.05) is 36.3 Å². The first-order valence-electron chi connectivity index (χ1n) is 8.84. The molecule has 2 rings (SSSR count). The van der Waals surface area contributed by atoms with Gasteiger partial charge < -0.3 is 15.1 Å². The van der Waals surface area contributed by atoms with Crippen molar-refractivity contribution in [1.29, 1.82) is 0 Å². The van der Waals surface area contributed by atoms with Crippen LogP contribution in [0.15, 0.2) is 24.3 Å². The second kappa shape index (κ2) is 8.53. The van der Waals surface area contributed by atoms with E-state index < -0.39 is 0 Å². The number of carbonyl (C=O) groups excluding carboxylic acids is 2. The molecule has 2 unspecified atom stereocenters. The van der Waals surface area contributed by atoms with Crippen LogP contribution in [-0.2, 0) is 4.79 Å². The van der Waals surface area contributed by atoms with Crippen molar-refractivity contribution in [3.05, 3.63) is 34.9 Å². The minimum Gasteiger partial charge on any atom is -0.333 e. The fourth-order valence-corrected chi connectivity index (χ4v) is 4.46. The van der Waals surface area contributed by atoms with Gasteiger partial charge in [0.05, 0.1) is 5.25 Å². The molecular weight excluding hydrogens is 370 g/mol. The smallest absolute Gasteiger partial charge is 0.317 e. The van der Waals surface area contributed by atoms with Crippen molar-refractivity contribution in [3.63, 3.8) is 0 Å². The van der Waals surface area contributed by atoms with Gasteiger partial charge in [-0.1, -0.05) is 29.8 Å². The average Bonchev–Trinajstić information content (AvgIpc) is 2.81. The van der Waals surface area contributed by atoms with Gasteiger partial charge >= 0.3 is 6.03 Å². The molecule has 5 nitrogen and oxygen atoms in total. The Balaban J connectivity index is 1.97. The van der Waals surface area contributed by atoms with Gasteiger partial charge in [-0.15, -0.1) is 11.8 Å². The molecule has 0 aliphatic carbocycles. The van der Waals surface area contributed by atoms with E-state index in [9.17, 15) is 9.59 Å². The maximum atomic E-state index is 12.6. The predicted molar refractivity (Wildman–Crippen MR) is 108 cm³/mol. The van der Waals surface area contributed by atoms with Gasteiger partial charge in [0.2, 0.25) is 5.91 Å². The van der Waals surface area contributed by atoms with Crippen LogP contribution in [-0.4, -0.2) is 52.7 Å². The molecule has 1 aromatic carbocycles. The third-order valence-corrected chi connectivity index (χ3v) is 5.86. The number of urea groups is 1. The number of carbonyl (C=O) groups is 2. The quantitative estimate of drug-likeness (QED) is 0.812. The van der Waals surface area contributed by atoms with Gasteiger partial charge in [0.25, 0.3) is 0 Å². The van der Waals surface area contributed by atoms with Crippen molar-refractivity contribution in [2.75, 3.05) is 20.1 Å². The van der Waals surface area contributed by atoms with Crippen LogP contribution in [0.3, 0.4) is 0 Å². The summed E-state index contributed by atoms with van der Waals surface area (Å²) >= 11 is 7.96. The topological polar surface area (TPSA) is 52.6 Å². The van der Waals surface area contributed by atoms with E-state index in [0.29, 0.717) is 24.5 Å². The fraction of sp³-hybridized carbons (Fsp3) is 0.579. The van der Waals surface area contributed by atoms with Crippen LogP contribution in [0, 0.1) is 0 Å². The molecule has 2 atom stereocenters. The third kappa shape index (κ3) is 5.30. The second-order valence-corrected chi connectivity index (χ2v) is 9.47. The minimum atomic E-state index is -0.266. The number of nitrogens with zero attached hydrogens (tertiary/aromatic N) is 2. The van der Waals surface area contributed by atoms with E-state index in [2.05, 4.69) is 5.32 Å². The highest BCUT2D eigenvalue weighted by Crippen LogP contribution is 2.44. The SMILES string of the molecule is CC1SC(c2ccccc2Cl)N(CCCN(C)C(=O)NC(C)(C)C)C1=O. The van der Waals surface area contributed by atoms with Crippen LogP contribution in [0.4, 0.5) is 4.79 Å². The molecule has 0 saturated carbocycles. The van der Waals surface area contributed by atoms with E-state index in [-0.39, 0.29) is 28.1 Å². The van der Waals surface area contributed by atoms with E-state index in [1.807, 2.05) is 56.9 Å². The number of hydrogen-bond acceptors (Lipinski definition) is 3. The Morgan fingerprint density at radius 2 is 2.00 bits per heavy atom. The van der Waals surface area contributed by atoms with E-state index in [1.165, 1.54) is 0 Å². The Bertz CT molecular complexity index is 662. The summed E-state index contributed by atoms with van der Waals surface area (Å²) in [7, 11) is 1.77. The van der Waals surface area contributed by atoms with Crippen molar-refractivity contribution in [3.8, 4) is 0 Å². The van der Waals surface area contributed by atoms with Crippen LogP contribution in [0.5, 0.6) is 0 Å². The summed E-state index contributed by atoms with van der Waals surface area (Å²) in [6.45, 7) is 8.97. The van der Waals surface area contributed by atoms with E-state index >= 15 is 0 Å². The number of rotatable bonds is 5. The molecule has 0 spiro atoms. The zero-order valence-corrected chi connectivity index (χ0v) is 17.7. The Kier molecular flexibility index (Phi) is 6.86. The lowest BCUT2D eigenvalue weighted by Gasteiger charge is -2.28. The number of halogens is 1. The Morgan fingerprint density at radius 3 is 2.62 bits per heavy atom. The van der Waals surface area contributed by atoms with Crippen LogP contribution >= 0.6 is 23.4 Å². The lowest BCUT2D eigenvalue weighted by Crippen LogP contribution is -2.47. The van der Waals surface area contributed by atoms with Crippen LogP contribution in [0.25, 0.3) is 0 Å². The molecule has 1 aromatic rings. The van der Waals surface area contributed by atoms with Crippen molar-refractivity contribution in [2.24, 2.45) is 0 Å². The average molecular weight is 398 g/mol. The minimum absolute atomic E-state index is 0.0695. The molecule has 26 heavy (non-hydrogen) atoms. The molecule has 1 saturated heterocycles. The number of benzene rings is 1. The first kappa shape index (κ1) is 20.9. The molecule has 3 amide bonds. The molecule has 1 aliphatic heterocycles. The van der Waals surface area contributed by atoms with E-state index in [4.69, 9.17) is 11.6 Å². The van der Waals surface area contributed by atoms with Gasteiger partial charge in [-0.3, -0.25) is 4.79 Å². The Labute approximate surface area is 165 Å². The standard InChI is InChI=1S/C19H28ClN3O2S/c1-13-16(24)23(17(26-13)14-9-6-7-10-15(14)20)12-8-11-22(5)18(25)21-19(2,3)4/h6-7,9-10,13,17H,8,11-12H2,1-5H3,(H,21,25). The molecule has 1 fully saturated rings. The number of amides is 3. The molecule has 0 radical (unpaired) electrons. The molecular formula is C19H28ClN3O2S. The molecule has 144 valence electrons. The first-order chi connectivity index (χ1) is 12.1. The lowest BCUT2D eigenvalue weighted by molar-refractivity contribution is -0.129. The van der Waals surface area contributed by atoms with Crippen LogP contribution in [0.1, 0.15) is 45.1 Å². The summed E-state index contributed by atoms with van der Waals surface area (Å²) in [6, 6.07) is 7.56. The summed E-state index contributed by atoms with van der Waals surface area (Å²) in [6.07, 6.45) is 0.716. The summed E-state index contributed by atoms with van der Waals surface area (Å²) in [5.74, 6) is 0.127.